The average molecular weight is 376 g/mol. The van der Waals surface area contributed by atoms with Crippen LogP contribution in [0.25, 0.3) is 11.4 Å². The summed E-state index contributed by atoms with van der Waals surface area (Å²) in [4.78, 5) is 6.84. The number of hydrogen-bond donors (Lipinski definition) is 1. The number of rotatable bonds is 3. The maximum absolute atomic E-state index is 4.74. The smallest absolute Gasteiger partial charge is 0.193 e. The maximum Gasteiger partial charge on any atom is 0.193 e. The van der Waals surface area contributed by atoms with Gasteiger partial charge in [-0.15, -0.1) is 5.10 Å². The van der Waals surface area contributed by atoms with Gasteiger partial charge in [0.25, 0.3) is 0 Å². The van der Waals surface area contributed by atoms with Gasteiger partial charge in [-0.1, -0.05) is 53.7 Å². The van der Waals surface area contributed by atoms with Crippen LogP contribution in [0.1, 0.15) is 17.2 Å². The summed E-state index contributed by atoms with van der Waals surface area (Å²) in [6.07, 6.45) is 0. The van der Waals surface area contributed by atoms with Gasteiger partial charge in [0, 0.05) is 25.3 Å². The lowest BCUT2D eigenvalue weighted by molar-refractivity contribution is 0.627. The number of thioether (sulfide) groups is 1. The normalized spacial score (nSPS) is 20.0. The topological polar surface area (TPSA) is 58.3 Å². The molecule has 0 saturated carbocycles. The van der Waals surface area contributed by atoms with Gasteiger partial charge in [-0.2, -0.15) is 9.78 Å². The first-order valence-corrected chi connectivity index (χ1v) is 9.79. The molecule has 3 heterocycles. The van der Waals surface area contributed by atoms with Crippen molar-refractivity contribution in [2.75, 3.05) is 19.0 Å². The SMILES string of the molecule is Cc1ccc(-c2nc3n(n2)C2=NNC(c4ccc(N(C)C)cc4)C2S3)cc1. The summed E-state index contributed by atoms with van der Waals surface area (Å²) in [7, 11) is 4.10. The van der Waals surface area contributed by atoms with Gasteiger partial charge in [0.2, 0.25) is 0 Å². The Labute approximate surface area is 162 Å². The molecular weight excluding hydrogens is 356 g/mol. The molecule has 2 aromatic carbocycles. The second-order valence-electron chi connectivity index (χ2n) is 7.10. The van der Waals surface area contributed by atoms with E-state index in [1.807, 2.05) is 18.8 Å². The molecule has 0 saturated heterocycles. The standard InChI is InChI=1S/C20H20N6S/c1-12-4-6-14(7-5-12)18-21-20-26(24-18)19-17(27-20)16(22-23-19)13-8-10-15(11-9-13)25(2)3/h4-11,16-17,22H,1-3H3. The van der Waals surface area contributed by atoms with Crippen molar-refractivity contribution in [3.63, 3.8) is 0 Å². The van der Waals surface area contributed by atoms with E-state index in [0.717, 1.165) is 22.4 Å². The van der Waals surface area contributed by atoms with Gasteiger partial charge in [0.05, 0.1) is 6.04 Å². The van der Waals surface area contributed by atoms with Gasteiger partial charge >= 0.3 is 0 Å². The van der Waals surface area contributed by atoms with Crippen molar-refractivity contribution in [1.82, 2.24) is 20.2 Å². The van der Waals surface area contributed by atoms with Crippen molar-refractivity contribution < 1.29 is 0 Å². The number of hydrogen-bond acceptors (Lipinski definition) is 6. The Bertz CT molecular complexity index is 1020. The Morgan fingerprint density at radius 1 is 1.04 bits per heavy atom. The van der Waals surface area contributed by atoms with E-state index >= 15 is 0 Å². The molecule has 3 aromatic rings. The van der Waals surface area contributed by atoms with Crippen molar-refractivity contribution in [1.29, 1.82) is 0 Å². The minimum absolute atomic E-state index is 0.132. The lowest BCUT2D eigenvalue weighted by atomic mass is 10.0. The number of aryl methyl sites for hydroxylation is 1. The molecule has 2 aliphatic rings. The summed E-state index contributed by atoms with van der Waals surface area (Å²) in [6, 6.07) is 17.0. The summed E-state index contributed by atoms with van der Waals surface area (Å²) in [6.45, 7) is 2.08. The molecule has 1 N–H and O–H groups in total. The fourth-order valence-electron chi connectivity index (χ4n) is 3.40. The molecule has 2 unspecified atom stereocenters. The van der Waals surface area contributed by atoms with Gasteiger partial charge in [0.15, 0.2) is 16.8 Å². The lowest BCUT2D eigenvalue weighted by Gasteiger charge is -2.18. The quantitative estimate of drug-likeness (QED) is 0.760. The van der Waals surface area contributed by atoms with Crippen LogP contribution in [0, 0.1) is 6.92 Å². The largest absolute Gasteiger partial charge is 0.378 e. The van der Waals surface area contributed by atoms with Crippen molar-refractivity contribution in [3.8, 4) is 11.4 Å². The highest BCUT2D eigenvalue weighted by Gasteiger charge is 2.42. The number of benzene rings is 2. The molecule has 0 radical (unpaired) electrons. The lowest BCUT2D eigenvalue weighted by Crippen LogP contribution is -2.24. The van der Waals surface area contributed by atoms with Crippen molar-refractivity contribution in [3.05, 3.63) is 59.7 Å². The molecule has 6 nitrogen and oxygen atoms in total. The van der Waals surface area contributed by atoms with Crippen molar-refractivity contribution in [2.45, 2.75) is 23.4 Å². The third-order valence-electron chi connectivity index (χ3n) is 4.98. The zero-order valence-electron chi connectivity index (χ0n) is 15.4. The summed E-state index contributed by atoms with van der Waals surface area (Å²) in [5, 5.41) is 10.4. The van der Waals surface area contributed by atoms with Crippen LogP contribution in [0.4, 0.5) is 5.69 Å². The summed E-state index contributed by atoms with van der Waals surface area (Å²) < 4.78 is 1.88. The van der Waals surface area contributed by atoms with Gasteiger partial charge in [-0.05, 0) is 24.6 Å². The highest BCUT2D eigenvalue weighted by Crippen LogP contribution is 2.41. The minimum Gasteiger partial charge on any atom is -0.378 e. The first-order valence-electron chi connectivity index (χ1n) is 8.92. The van der Waals surface area contributed by atoms with E-state index in [2.05, 4.69) is 70.9 Å². The number of nitrogens with zero attached hydrogens (tertiary/aromatic N) is 5. The van der Waals surface area contributed by atoms with Crippen LogP contribution in [0.15, 0.2) is 58.8 Å². The summed E-state index contributed by atoms with van der Waals surface area (Å²) >= 11 is 1.72. The minimum atomic E-state index is 0.132. The summed E-state index contributed by atoms with van der Waals surface area (Å²) in [5.41, 5.74) is 7.96. The molecule has 2 aliphatic heterocycles. The van der Waals surface area contributed by atoms with E-state index < -0.39 is 0 Å². The second kappa shape index (κ2) is 6.13. The van der Waals surface area contributed by atoms with E-state index in [1.54, 1.807) is 11.8 Å². The highest BCUT2D eigenvalue weighted by atomic mass is 32.2. The molecule has 0 fully saturated rings. The van der Waals surface area contributed by atoms with Crippen molar-refractivity contribution >= 4 is 23.3 Å². The predicted octanol–water partition coefficient (Wildman–Crippen LogP) is 3.30. The number of hydrazone groups is 1. The zero-order valence-corrected chi connectivity index (χ0v) is 16.2. The van der Waals surface area contributed by atoms with E-state index in [0.29, 0.717) is 0 Å². The number of fused-ring (bicyclic) bond motifs is 3. The Morgan fingerprint density at radius 3 is 2.48 bits per heavy atom. The first kappa shape index (κ1) is 16.4. The first-order chi connectivity index (χ1) is 13.1. The number of anilines is 1. The Balaban J connectivity index is 1.40. The molecule has 5 rings (SSSR count). The van der Waals surface area contributed by atoms with Gasteiger partial charge in [-0.25, -0.2) is 4.98 Å². The Morgan fingerprint density at radius 2 is 1.78 bits per heavy atom. The van der Waals surface area contributed by atoms with Crippen LogP contribution in [-0.4, -0.2) is 39.9 Å². The third-order valence-corrected chi connectivity index (χ3v) is 6.19. The van der Waals surface area contributed by atoms with Crippen LogP contribution in [0.5, 0.6) is 0 Å². The van der Waals surface area contributed by atoms with Gasteiger partial charge in [-0.3, -0.25) is 5.43 Å². The van der Waals surface area contributed by atoms with E-state index in [4.69, 9.17) is 10.1 Å². The van der Waals surface area contributed by atoms with Crippen LogP contribution >= 0.6 is 11.8 Å². The molecule has 0 amide bonds. The number of nitrogens with one attached hydrogen (secondary N) is 1. The van der Waals surface area contributed by atoms with Crippen LogP contribution in [0.2, 0.25) is 0 Å². The van der Waals surface area contributed by atoms with E-state index in [-0.39, 0.29) is 11.3 Å². The fourth-order valence-corrected chi connectivity index (χ4v) is 4.61. The van der Waals surface area contributed by atoms with E-state index in [9.17, 15) is 0 Å². The molecule has 1 aromatic heterocycles. The molecule has 136 valence electrons. The van der Waals surface area contributed by atoms with Gasteiger partial charge in [0.1, 0.15) is 5.25 Å². The maximum atomic E-state index is 4.74. The average Bonchev–Trinajstić information content (AvgIpc) is 3.33. The molecule has 27 heavy (non-hydrogen) atoms. The Kier molecular flexibility index (Phi) is 3.72. The molecular formula is C20H20N6S. The second-order valence-corrected chi connectivity index (χ2v) is 8.21. The van der Waals surface area contributed by atoms with E-state index in [1.165, 1.54) is 16.8 Å². The van der Waals surface area contributed by atoms with Crippen LogP contribution in [0.3, 0.4) is 0 Å². The molecule has 2 atom stereocenters. The summed E-state index contributed by atoms with van der Waals surface area (Å²) in [5.74, 6) is 1.68. The number of aromatic nitrogens is 3. The zero-order chi connectivity index (χ0) is 18.5. The molecule has 7 heteroatoms. The van der Waals surface area contributed by atoms with Crippen LogP contribution < -0.4 is 10.3 Å². The Hall–Kier alpha value is -2.80. The van der Waals surface area contributed by atoms with Crippen molar-refractivity contribution in [2.24, 2.45) is 5.10 Å². The molecule has 0 spiro atoms. The predicted molar refractivity (Wildman–Crippen MR) is 109 cm³/mol. The fraction of sp³-hybridized carbons (Fsp3) is 0.250. The monoisotopic (exact) mass is 376 g/mol. The molecule has 0 aliphatic carbocycles. The highest BCUT2D eigenvalue weighted by molar-refractivity contribution is 8.01. The molecule has 0 bridgehead atoms. The van der Waals surface area contributed by atoms with Gasteiger partial charge < -0.3 is 4.90 Å². The third kappa shape index (κ3) is 2.70. The van der Waals surface area contributed by atoms with Crippen LogP contribution in [-0.2, 0) is 0 Å².